The normalized spacial score (nSPS) is 16.2. The zero-order chi connectivity index (χ0) is 21.3. The van der Waals surface area contributed by atoms with E-state index in [2.05, 4.69) is 27.8 Å². The number of nitrogens with zero attached hydrogens (tertiary/aromatic N) is 2. The van der Waals surface area contributed by atoms with Gasteiger partial charge in [-0.05, 0) is 30.0 Å². The van der Waals surface area contributed by atoms with E-state index in [1.165, 1.54) is 17.7 Å². The molecule has 1 heterocycles. The Balaban J connectivity index is 0.00000341. The van der Waals surface area contributed by atoms with Gasteiger partial charge in [-0.15, -0.1) is 24.0 Å². The molecule has 1 atom stereocenters. The maximum atomic E-state index is 13.7. The average Bonchev–Trinajstić information content (AvgIpc) is 3.10. The van der Waals surface area contributed by atoms with Gasteiger partial charge in [-0.2, -0.15) is 0 Å². The van der Waals surface area contributed by atoms with Crippen molar-refractivity contribution in [2.75, 3.05) is 33.2 Å². The van der Waals surface area contributed by atoms with Gasteiger partial charge >= 0.3 is 0 Å². The van der Waals surface area contributed by atoms with Gasteiger partial charge in [0.1, 0.15) is 11.6 Å². The lowest BCUT2D eigenvalue weighted by Crippen LogP contribution is -2.41. The highest BCUT2D eigenvalue weighted by Gasteiger charge is 2.29. The number of aliphatic imine (C=N–C) groups is 1. The molecule has 168 valence electrons. The molecular weight excluding hydrogens is 513 g/mol. The highest BCUT2D eigenvalue weighted by atomic mass is 127. The predicted molar refractivity (Wildman–Crippen MR) is 130 cm³/mol. The highest BCUT2D eigenvalue weighted by Crippen LogP contribution is 2.17. The van der Waals surface area contributed by atoms with Crippen LogP contribution in [0.25, 0.3) is 0 Å². The number of rotatable bonds is 8. The third-order valence-electron chi connectivity index (χ3n) is 5.29. The number of hydrogen-bond donors (Lipinski definition) is 2. The molecule has 0 saturated carbocycles. The number of hydrogen-bond acceptors (Lipinski definition) is 2. The zero-order valence-corrected chi connectivity index (χ0v) is 19.9. The topological polar surface area (TPSA) is 56.7 Å². The molecule has 1 aliphatic rings. The van der Waals surface area contributed by atoms with Crippen molar-refractivity contribution in [2.24, 2.45) is 10.9 Å². The van der Waals surface area contributed by atoms with Crippen LogP contribution in [-0.2, 0) is 17.6 Å². The Morgan fingerprint density at radius 2 is 1.90 bits per heavy atom. The largest absolute Gasteiger partial charge is 0.356 e. The average molecular weight is 542 g/mol. The van der Waals surface area contributed by atoms with Crippen molar-refractivity contribution < 1.29 is 13.6 Å². The minimum absolute atomic E-state index is 0. The number of benzene rings is 2. The number of guanidine groups is 1. The summed E-state index contributed by atoms with van der Waals surface area (Å²) in [6.45, 7) is 2.57. The van der Waals surface area contributed by atoms with E-state index in [4.69, 9.17) is 0 Å². The molecule has 0 aromatic heterocycles. The second-order valence-electron chi connectivity index (χ2n) is 7.51. The van der Waals surface area contributed by atoms with E-state index in [9.17, 15) is 13.6 Å². The summed E-state index contributed by atoms with van der Waals surface area (Å²) in [5.74, 6) is -0.105. The monoisotopic (exact) mass is 542 g/mol. The molecule has 1 amide bonds. The molecular formula is C23H29F2IN4O. The summed E-state index contributed by atoms with van der Waals surface area (Å²) < 4.78 is 26.7. The van der Waals surface area contributed by atoms with Crippen molar-refractivity contribution in [3.05, 3.63) is 71.3 Å². The van der Waals surface area contributed by atoms with Crippen LogP contribution in [-0.4, -0.2) is 50.0 Å². The fraction of sp³-hybridized carbons (Fsp3) is 0.391. The molecule has 31 heavy (non-hydrogen) atoms. The van der Waals surface area contributed by atoms with Crippen molar-refractivity contribution in [2.45, 2.75) is 19.3 Å². The first-order valence-electron chi connectivity index (χ1n) is 10.3. The van der Waals surface area contributed by atoms with Gasteiger partial charge in [-0.3, -0.25) is 9.79 Å². The Morgan fingerprint density at radius 1 is 1.13 bits per heavy atom. The molecule has 3 rings (SSSR count). The van der Waals surface area contributed by atoms with Gasteiger partial charge in [-0.1, -0.05) is 36.4 Å². The van der Waals surface area contributed by atoms with Crippen LogP contribution in [0, 0.1) is 17.6 Å². The summed E-state index contributed by atoms with van der Waals surface area (Å²) in [5.41, 5.74) is 1.68. The fourth-order valence-corrected chi connectivity index (χ4v) is 3.62. The van der Waals surface area contributed by atoms with Crippen molar-refractivity contribution in [1.82, 2.24) is 15.5 Å². The van der Waals surface area contributed by atoms with Gasteiger partial charge in [0.25, 0.3) is 0 Å². The van der Waals surface area contributed by atoms with E-state index in [0.29, 0.717) is 37.5 Å². The van der Waals surface area contributed by atoms with Crippen molar-refractivity contribution in [3.8, 4) is 0 Å². The summed E-state index contributed by atoms with van der Waals surface area (Å²) in [5, 5.41) is 6.38. The SMILES string of the molecule is CN=C(NCCc1ccc(F)cc1F)NCC1CC(=O)N(CCc2ccccc2)C1.I. The third-order valence-corrected chi connectivity index (χ3v) is 5.29. The van der Waals surface area contributed by atoms with Gasteiger partial charge in [-0.25, -0.2) is 8.78 Å². The Morgan fingerprint density at radius 3 is 2.61 bits per heavy atom. The molecule has 5 nitrogen and oxygen atoms in total. The number of amides is 1. The summed E-state index contributed by atoms with van der Waals surface area (Å²) in [6.07, 6.45) is 1.80. The molecule has 2 aromatic carbocycles. The van der Waals surface area contributed by atoms with Crippen molar-refractivity contribution >= 4 is 35.8 Å². The predicted octanol–water partition coefficient (Wildman–Crippen LogP) is 3.38. The number of likely N-dealkylation sites (tertiary alicyclic amines) is 1. The van der Waals surface area contributed by atoms with E-state index < -0.39 is 11.6 Å². The minimum Gasteiger partial charge on any atom is -0.356 e. The van der Waals surface area contributed by atoms with E-state index in [-0.39, 0.29) is 35.8 Å². The van der Waals surface area contributed by atoms with Crippen LogP contribution in [0.15, 0.2) is 53.5 Å². The molecule has 0 radical (unpaired) electrons. The highest BCUT2D eigenvalue weighted by molar-refractivity contribution is 14.0. The zero-order valence-electron chi connectivity index (χ0n) is 17.6. The minimum atomic E-state index is -0.578. The van der Waals surface area contributed by atoms with E-state index >= 15 is 0 Å². The first-order valence-corrected chi connectivity index (χ1v) is 10.3. The molecule has 2 N–H and O–H groups in total. The van der Waals surface area contributed by atoms with E-state index in [1.807, 2.05) is 23.1 Å². The lowest BCUT2D eigenvalue weighted by atomic mass is 10.1. The van der Waals surface area contributed by atoms with Crippen LogP contribution in [0.1, 0.15) is 17.5 Å². The van der Waals surface area contributed by atoms with Crippen LogP contribution >= 0.6 is 24.0 Å². The molecule has 2 aromatic rings. The maximum Gasteiger partial charge on any atom is 0.223 e. The standard InChI is InChI=1S/C23H28F2N4O.HI/c1-26-23(27-11-9-19-7-8-20(24)14-21(19)25)28-15-18-13-22(30)29(16-18)12-10-17-5-3-2-4-6-17;/h2-8,14,18H,9-13,15-16H2,1H3,(H2,26,27,28);1H. The molecule has 0 spiro atoms. The van der Waals surface area contributed by atoms with Crippen LogP contribution in [0.3, 0.4) is 0 Å². The number of carbonyl (C=O) groups is 1. The molecule has 0 aliphatic carbocycles. The Hall–Kier alpha value is -2.23. The van der Waals surface area contributed by atoms with Crippen LogP contribution in [0.2, 0.25) is 0 Å². The van der Waals surface area contributed by atoms with Gasteiger partial charge in [0, 0.05) is 51.6 Å². The Labute approximate surface area is 199 Å². The lowest BCUT2D eigenvalue weighted by Gasteiger charge is -2.18. The molecule has 8 heteroatoms. The molecule has 1 saturated heterocycles. The summed E-state index contributed by atoms with van der Waals surface area (Å²) >= 11 is 0. The first kappa shape index (κ1) is 25.0. The van der Waals surface area contributed by atoms with Crippen molar-refractivity contribution in [1.29, 1.82) is 0 Å². The van der Waals surface area contributed by atoms with E-state index in [1.54, 1.807) is 7.05 Å². The van der Waals surface area contributed by atoms with Gasteiger partial charge in [0.15, 0.2) is 5.96 Å². The van der Waals surface area contributed by atoms with Crippen LogP contribution < -0.4 is 10.6 Å². The Kier molecular flexibility index (Phi) is 10.2. The summed E-state index contributed by atoms with van der Waals surface area (Å²) in [4.78, 5) is 18.4. The van der Waals surface area contributed by atoms with E-state index in [0.717, 1.165) is 25.6 Å². The van der Waals surface area contributed by atoms with Crippen molar-refractivity contribution in [3.63, 3.8) is 0 Å². The van der Waals surface area contributed by atoms with Crippen LogP contribution in [0.4, 0.5) is 8.78 Å². The third kappa shape index (κ3) is 7.75. The number of halogens is 3. The van der Waals surface area contributed by atoms with Gasteiger partial charge in [0.2, 0.25) is 5.91 Å². The fourth-order valence-electron chi connectivity index (χ4n) is 3.62. The van der Waals surface area contributed by atoms with Gasteiger partial charge in [0.05, 0.1) is 0 Å². The smallest absolute Gasteiger partial charge is 0.223 e. The Bertz CT molecular complexity index is 879. The second kappa shape index (κ2) is 12.6. The molecule has 0 bridgehead atoms. The second-order valence-corrected chi connectivity index (χ2v) is 7.51. The summed E-state index contributed by atoms with van der Waals surface area (Å²) in [7, 11) is 1.67. The number of carbonyl (C=O) groups excluding carboxylic acids is 1. The number of nitrogens with one attached hydrogen (secondary N) is 2. The van der Waals surface area contributed by atoms with Gasteiger partial charge < -0.3 is 15.5 Å². The van der Waals surface area contributed by atoms with Crippen LogP contribution in [0.5, 0.6) is 0 Å². The summed E-state index contributed by atoms with van der Waals surface area (Å²) in [6, 6.07) is 13.8. The molecule has 1 aliphatic heterocycles. The maximum absolute atomic E-state index is 13.7. The molecule has 1 unspecified atom stereocenters. The lowest BCUT2D eigenvalue weighted by molar-refractivity contribution is -0.127. The molecule has 1 fully saturated rings. The first-order chi connectivity index (χ1) is 14.5. The quantitative estimate of drug-likeness (QED) is 0.306.